The van der Waals surface area contributed by atoms with Crippen molar-refractivity contribution in [3.8, 4) is 0 Å². The lowest BCUT2D eigenvalue weighted by molar-refractivity contribution is -0.118. The topological polar surface area (TPSA) is 45.0 Å². The zero-order valence-corrected chi connectivity index (χ0v) is 11.7. The van der Waals surface area contributed by atoms with Crippen LogP contribution in [0.2, 0.25) is 0 Å². The SMILES string of the molecule is CC1=NN(c2ccccc2)C(=O)[C@@H]1C1=NCCCCC1. The number of hydrogen-bond donors (Lipinski definition) is 0. The molecule has 0 radical (unpaired) electrons. The Bertz CT molecular complexity index is 562. The van der Waals surface area contributed by atoms with Crippen molar-refractivity contribution in [2.45, 2.75) is 32.6 Å². The van der Waals surface area contributed by atoms with Gasteiger partial charge in [0.15, 0.2) is 0 Å². The van der Waals surface area contributed by atoms with Gasteiger partial charge in [-0.3, -0.25) is 9.79 Å². The van der Waals surface area contributed by atoms with E-state index in [4.69, 9.17) is 0 Å². The quantitative estimate of drug-likeness (QED) is 0.814. The van der Waals surface area contributed by atoms with Crippen LogP contribution in [0.3, 0.4) is 0 Å². The minimum absolute atomic E-state index is 0.0364. The van der Waals surface area contributed by atoms with Gasteiger partial charge in [-0.25, -0.2) is 0 Å². The van der Waals surface area contributed by atoms with Gasteiger partial charge in [0.2, 0.25) is 0 Å². The van der Waals surface area contributed by atoms with Gasteiger partial charge in [-0.05, 0) is 38.3 Å². The van der Waals surface area contributed by atoms with E-state index in [1.165, 1.54) is 11.4 Å². The smallest absolute Gasteiger partial charge is 0.261 e. The van der Waals surface area contributed by atoms with Crippen molar-refractivity contribution in [1.82, 2.24) is 0 Å². The predicted octanol–water partition coefficient (Wildman–Crippen LogP) is 3.04. The van der Waals surface area contributed by atoms with Crippen molar-refractivity contribution in [3.63, 3.8) is 0 Å². The van der Waals surface area contributed by atoms with Gasteiger partial charge >= 0.3 is 0 Å². The summed E-state index contributed by atoms with van der Waals surface area (Å²) in [5.41, 5.74) is 2.71. The summed E-state index contributed by atoms with van der Waals surface area (Å²) >= 11 is 0. The summed E-state index contributed by atoms with van der Waals surface area (Å²) in [5.74, 6) is -0.206. The fraction of sp³-hybridized carbons (Fsp3) is 0.438. The largest absolute Gasteiger partial charge is 0.293 e. The lowest BCUT2D eigenvalue weighted by Gasteiger charge is -2.15. The molecule has 0 saturated heterocycles. The van der Waals surface area contributed by atoms with Crippen molar-refractivity contribution < 1.29 is 4.79 Å². The third-order valence-corrected chi connectivity index (χ3v) is 3.87. The van der Waals surface area contributed by atoms with Crippen LogP contribution in [0.5, 0.6) is 0 Å². The third-order valence-electron chi connectivity index (χ3n) is 3.87. The van der Waals surface area contributed by atoms with Crippen molar-refractivity contribution in [2.24, 2.45) is 16.0 Å². The highest BCUT2D eigenvalue weighted by Crippen LogP contribution is 2.26. The molecule has 0 aromatic heterocycles. The molecule has 4 heteroatoms. The summed E-state index contributed by atoms with van der Waals surface area (Å²) in [6, 6.07) is 9.60. The minimum Gasteiger partial charge on any atom is -0.293 e. The Balaban J connectivity index is 1.87. The second-order valence-corrected chi connectivity index (χ2v) is 5.34. The number of nitrogens with zero attached hydrogens (tertiary/aromatic N) is 3. The number of benzene rings is 1. The molecule has 2 aliphatic heterocycles. The molecule has 0 saturated carbocycles. The first kappa shape index (κ1) is 13.0. The van der Waals surface area contributed by atoms with Crippen LogP contribution in [0.1, 0.15) is 32.6 Å². The monoisotopic (exact) mass is 269 g/mol. The van der Waals surface area contributed by atoms with Gasteiger partial charge < -0.3 is 0 Å². The molecule has 0 fully saturated rings. The number of hydrogen-bond acceptors (Lipinski definition) is 3. The predicted molar refractivity (Wildman–Crippen MR) is 81.3 cm³/mol. The van der Waals surface area contributed by atoms with Gasteiger partial charge in [0.1, 0.15) is 5.92 Å². The zero-order chi connectivity index (χ0) is 13.9. The molecule has 2 heterocycles. The minimum atomic E-state index is -0.242. The fourth-order valence-electron chi connectivity index (χ4n) is 2.84. The third kappa shape index (κ3) is 2.38. The second-order valence-electron chi connectivity index (χ2n) is 5.34. The number of hydrazone groups is 1. The first-order valence-corrected chi connectivity index (χ1v) is 7.25. The van der Waals surface area contributed by atoms with Gasteiger partial charge in [0, 0.05) is 12.3 Å². The van der Waals surface area contributed by atoms with Crippen LogP contribution < -0.4 is 5.01 Å². The van der Waals surface area contributed by atoms with Crippen LogP contribution >= 0.6 is 0 Å². The molecular weight excluding hydrogens is 250 g/mol. The Morgan fingerprint density at radius 3 is 2.75 bits per heavy atom. The van der Waals surface area contributed by atoms with E-state index >= 15 is 0 Å². The molecule has 1 amide bonds. The molecule has 3 rings (SSSR count). The van der Waals surface area contributed by atoms with E-state index in [2.05, 4.69) is 10.1 Å². The molecule has 0 aliphatic carbocycles. The van der Waals surface area contributed by atoms with Crippen LogP contribution in [0.15, 0.2) is 40.4 Å². The van der Waals surface area contributed by atoms with Gasteiger partial charge in [0.05, 0.1) is 11.4 Å². The van der Waals surface area contributed by atoms with E-state index < -0.39 is 0 Å². The molecule has 1 aromatic rings. The molecule has 104 valence electrons. The molecular formula is C16H19N3O. The first-order valence-electron chi connectivity index (χ1n) is 7.25. The zero-order valence-electron chi connectivity index (χ0n) is 11.7. The van der Waals surface area contributed by atoms with Crippen molar-refractivity contribution >= 4 is 23.0 Å². The number of carbonyl (C=O) groups excluding carboxylic acids is 1. The summed E-state index contributed by atoms with van der Waals surface area (Å²) in [6.07, 6.45) is 4.38. The summed E-state index contributed by atoms with van der Waals surface area (Å²) in [6.45, 7) is 2.77. The molecule has 20 heavy (non-hydrogen) atoms. The first-order chi connectivity index (χ1) is 9.77. The average molecular weight is 269 g/mol. The molecule has 0 bridgehead atoms. The van der Waals surface area contributed by atoms with Gasteiger partial charge in [-0.15, -0.1) is 0 Å². The van der Waals surface area contributed by atoms with Crippen molar-refractivity contribution in [2.75, 3.05) is 11.6 Å². The second kappa shape index (κ2) is 5.57. The van der Waals surface area contributed by atoms with Crippen LogP contribution in [-0.4, -0.2) is 23.9 Å². The van der Waals surface area contributed by atoms with Gasteiger partial charge in [-0.1, -0.05) is 24.6 Å². The molecule has 4 nitrogen and oxygen atoms in total. The van der Waals surface area contributed by atoms with Crippen LogP contribution in [0, 0.1) is 5.92 Å². The van der Waals surface area contributed by atoms with E-state index in [-0.39, 0.29) is 11.8 Å². The Labute approximate surface area is 119 Å². The Kier molecular flexibility index (Phi) is 3.63. The molecule has 1 atom stereocenters. The summed E-state index contributed by atoms with van der Waals surface area (Å²) in [7, 11) is 0. The Morgan fingerprint density at radius 1 is 1.15 bits per heavy atom. The number of aliphatic imine (C=N–C) groups is 1. The number of carbonyl (C=O) groups is 1. The van der Waals surface area contributed by atoms with Crippen molar-refractivity contribution in [3.05, 3.63) is 30.3 Å². The van der Waals surface area contributed by atoms with Gasteiger partial charge in [-0.2, -0.15) is 10.1 Å². The van der Waals surface area contributed by atoms with Gasteiger partial charge in [0.25, 0.3) is 5.91 Å². The highest BCUT2D eigenvalue weighted by atomic mass is 16.2. The standard InChI is InChI=1S/C16H19N3O/c1-12-15(14-10-6-3-7-11-17-14)16(20)19(18-12)13-8-4-2-5-9-13/h2,4-5,8-9,15H,3,6-7,10-11H2,1H3/t15-/m0/s1. The van der Waals surface area contributed by atoms with E-state index in [1.807, 2.05) is 37.3 Å². The lowest BCUT2D eigenvalue weighted by atomic mass is 9.94. The average Bonchev–Trinajstić information content (AvgIpc) is 2.67. The maximum atomic E-state index is 12.7. The van der Waals surface area contributed by atoms with Crippen LogP contribution in [-0.2, 0) is 4.79 Å². The van der Waals surface area contributed by atoms with Crippen LogP contribution in [0.4, 0.5) is 5.69 Å². The van der Waals surface area contributed by atoms with E-state index in [1.54, 1.807) is 0 Å². The summed E-state index contributed by atoms with van der Waals surface area (Å²) in [4.78, 5) is 17.3. The molecule has 0 N–H and O–H groups in total. The molecule has 2 aliphatic rings. The highest BCUT2D eigenvalue weighted by Gasteiger charge is 2.37. The number of anilines is 1. The molecule has 0 spiro atoms. The van der Waals surface area contributed by atoms with E-state index in [0.29, 0.717) is 0 Å². The summed E-state index contributed by atoms with van der Waals surface area (Å²) in [5, 5.41) is 5.97. The number of para-hydroxylation sites is 1. The summed E-state index contributed by atoms with van der Waals surface area (Å²) < 4.78 is 0. The van der Waals surface area contributed by atoms with Crippen molar-refractivity contribution in [1.29, 1.82) is 0 Å². The maximum Gasteiger partial charge on any atom is 0.261 e. The number of rotatable bonds is 2. The fourth-order valence-corrected chi connectivity index (χ4v) is 2.84. The highest BCUT2D eigenvalue weighted by molar-refractivity contribution is 6.28. The van der Waals surface area contributed by atoms with E-state index in [0.717, 1.165) is 42.9 Å². The Hall–Kier alpha value is -1.97. The van der Waals surface area contributed by atoms with E-state index in [9.17, 15) is 4.79 Å². The molecule has 1 aromatic carbocycles. The van der Waals surface area contributed by atoms with Crippen LogP contribution in [0.25, 0.3) is 0 Å². The Morgan fingerprint density at radius 2 is 1.95 bits per heavy atom. The lowest BCUT2D eigenvalue weighted by Crippen LogP contribution is -2.32. The number of amides is 1. The molecule has 0 unspecified atom stereocenters. The maximum absolute atomic E-state index is 12.7. The normalized spacial score (nSPS) is 23.4.